The number of carbonyl (C=O) groups is 1. The predicted octanol–water partition coefficient (Wildman–Crippen LogP) is 2.59. The lowest BCUT2D eigenvalue weighted by Gasteiger charge is -2.31. The Morgan fingerprint density at radius 1 is 1.35 bits per heavy atom. The molecule has 3 nitrogen and oxygen atoms in total. The van der Waals surface area contributed by atoms with Crippen molar-refractivity contribution in [2.45, 2.75) is 18.3 Å². The molecule has 1 N–H and O–H groups in total. The van der Waals surface area contributed by atoms with E-state index in [0.29, 0.717) is 36.2 Å². The second kappa shape index (κ2) is 3.78. The third kappa shape index (κ3) is 1.52. The highest BCUT2D eigenvalue weighted by Crippen LogP contribution is 2.46. The zero-order valence-electron chi connectivity index (χ0n) is 9.06. The number of halogens is 2. The van der Waals surface area contributed by atoms with Crippen LogP contribution < -0.4 is 5.32 Å². The zero-order valence-corrected chi connectivity index (χ0v) is 10.6. The maximum Gasteiger partial charge on any atom is 0.235 e. The summed E-state index contributed by atoms with van der Waals surface area (Å²) in [6.07, 6.45) is 1.23. The van der Waals surface area contributed by atoms with Gasteiger partial charge in [0.25, 0.3) is 0 Å². The van der Waals surface area contributed by atoms with E-state index in [1.165, 1.54) is 6.07 Å². The number of hydrogen-bond donors (Lipinski definition) is 1. The lowest BCUT2D eigenvalue weighted by Crippen LogP contribution is -2.39. The van der Waals surface area contributed by atoms with E-state index >= 15 is 0 Å². The number of fused-ring (bicyclic) bond motifs is 2. The molecule has 3 rings (SSSR count). The van der Waals surface area contributed by atoms with Crippen LogP contribution in [-0.4, -0.2) is 19.1 Å². The van der Waals surface area contributed by atoms with Gasteiger partial charge in [-0.05, 0) is 30.5 Å². The number of rotatable bonds is 0. The molecule has 0 aromatic heterocycles. The normalized spacial score (nSPS) is 21.4. The molecule has 5 heteroatoms. The van der Waals surface area contributed by atoms with Crippen molar-refractivity contribution >= 4 is 27.5 Å². The molecule has 1 amide bonds. The largest absolute Gasteiger partial charge is 0.381 e. The molecular formula is C12H11BrFNO2. The Morgan fingerprint density at radius 3 is 2.76 bits per heavy atom. The summed E-state index contributed by atoms with van der Waals surface area (Å²) < 4.78 is 19.7. The van der Waals surface area contributed by atoms with E-state index in [-0.39, 0.29) is 11.7 Å². The second-order valence-electron chi connectivity index (χ2n) is 4.46. The molecular weight excluding hydrogens is 289 g/mol. The highest BCUT2D eigenvalue weighted by molar-refractivity contribution is 9.10. The summed E-state index contributed by atoms with van der Waals surface area (Å²) in [5, 5.41) is 2.66. The van der Waals surface area contributed by atoms with Crippen molar-refractivity contribution in [3.8, 4) is 0 Å². The van der Waals surface area contributed by atoms with Crippen LogP contribution in [0.4, 0.5) is 10.1 Å². The molecule has 2 heterocycles. The summed E-state index contributed by atoms with van der Waals surface area (Å²) in [5.41, 5.74) is 0.496. The first-order valence-corrected chi connectivity index (χ1v) is 6.31. The number of ether oxygens (including phenoxy) is 1. The van der Waals surface area contributed by atoms with Crippen molar-refractivity contribution in [2.24, 2.45) is 0 Å². The van der Waals surface area contributed by atoms with Crippen molar-refractivity contribution < 1.29 is 13.9 Å². The van der Waals surface area contributed by atoms with Crippen LogP contribution in [0, 0.1) is 5.82 Å². The summed E-state index contributed by atoms with van der Waals surface area (Å²) in [6, 6.07) is 3.21. The molecule has 1 saturated heterocycles. The third-order valence-electron chi connectivity index (χ3n) is 3.59. The van der Waals surface area contributed by atoms with Crippen LogP contribution in [0.2, 0.25) is 0 Å². The molecule has 0 radical (unpaired) electrons. The van der Waals surface area contributed by atoms with Crippen LogP contribution >= 0.6 is 15.9 Å². The van der Waals surface area contributed by atoms with Gasteiger partial charge in [-0.15, -0.1) is 0 Å². The molecule has 1 spiro atoms. The number of carbonyl (C=O) groups excluding carboxylic acids is 1. The number of benzene rings is 1. The maximum atomic E-state index is 13.8. The molecule has 0 unspecified atom stereocenters. The Hall–Kier alpha value is -0.940. The summed E-state index contributed by atoms with van der Waals surface area (Å²) in [6.45, 7) is 1.09. The quantitative estimate of drug-likeness (QED) is 0.800. The fraction of sp³-hybridized carbons (Fsp3) is 0.417. The predicted molar refractivity (Wildman–Crippen MR) is 64.5 cm³/mol. The minimum atomic E-state index is -0.599. The van der Waals surface area contributed by atoms with Gasteiger partial charge in [0, 0.05) is 17.7 Å². The van der Waals surface area contributed by atoms with Crippen LogP contribution in [0.3, 0.4) is 0 Å². The third-order valence-corrected chi connectivity index (χ3v) is 4.05. The van der Waals surface area contributed by atoms with E-state index in [9.17, 15) is 9.18 Å². The molecule has 0 aliphatic carbocycles. The number of hydrogen-bond acceptors (Lipinski definition) is 2. The molecule has 0 saturated carbocycles. The number of nitrogens with one attached hydrogen (secondary N) is 1. The number of anilines is 1. The van der Waals surface area contributed by atoms with Crippen molar-refractivity contribution in [2.75, 3.05) is 18.5 Å². The van der Waals surface area contributed by atoms with Crippen molar-refractivity contribution in [1.82, 2.24) is 0 Å². The smallest absolute Gasteiger partial charge is 0.235 e. The molecule has 2 aliphatic rings. The van der Waals surface area contributed by atoms with Gasteiger partial charge in [-0.2, -0.15) is 0 Å². The minimum Gasteiger partial charge on any atom is -0.381 e. The molecule has 90 valence electrons. The minimum absolute atomic E-state index is 0.104. The SMILES string of the molecule is O=C1Nc2c(F)cc(Br)cc2C12CCOCC2. The van der Waals surface area contributed by atoms with Gasteiger partial charge in [-0.3, -0.25) is 4.79 Å². The van der Waals surface area contributed by atoms with Crippen LogP contribution in [0.15, 0.2) is 16.6 Å². The Morgan fingerprint density at radius 2 is 2.06 bits per heavy atom. The van der Waals surface area contributed by atoms with Gasteiger partial charge in [-0.1, -0.05) is 15.9 Å². The van der Waals surface area contributed by atoms with Gasteiger partial charge in [-0.25, -0.2) is 4.39 Å². The second-order valence-corrected chi connectivity index (χ2v) is 5.37. The average molecular weight is 300 g/mol. The van der Waals surface area contributed by atoms with E-state index in [2.05, 4.69) is 21.2 Å². The van der Waals surface area contributed by atoms with E-state index in [4.69, 9.17) is 4.74 Å². The topological polar surface area (TPSA) is 38.3 Å². The van der Waals surface area contributed by atoms with E-state index < -0.39 is 5.41 Å². The fourth-order valence-corrected chi connectivity index (χ4v) is 3.08. The molecule has 1 aromatic carbocycles. The Balaban J connectivity index is 2.18. The van der Waals surface area contributed by atoms with E-state index in [0.717, 1.165) is 5.56 Å². The highest BCUT2D eigenvalue weighted by atomic mass is 79.9. The average Bonchev–Trinajstić information content (AvgIpc) is 2.56. The van der Waals surface area contributed by atoms with Crippen molar-refractivity contribution in [1.29, 1.82) is 0 Å². The first kappa shape index (κ1) is 11.2. The molecule has 1 fully saturated rings. The van der Waals surface area contributed by atoms with Gasteiger partial charge in [0.2, 0.25) is 5.91 Å². The van der Waals surface area contributed by atoms with Crippen LogP contribution in [-0.2, 0) is 14.9 Å². The Labute approximate surface area is 106 Å². The van der Waals surface area contributed by atoms with E-state index in [1.807, 2.05) is 6.07 Å². The fourth-order valence-electron chi connectivity index (χ4n) is 2.65. The summed E-state index contributed by atoms with van der Waals surface area (Å²) in [7, 11) is 0. The summed E-state index contributed by atoms with van der Waals surface area (Å²) in [4.78, 5) is 12.1. The Kier molecular flexibility index (Phi) is 2.48. The summed E-state index contributed by atoms with van der Waals surface area (Å²) in [5.74, 6) is -0.487. The van der Waals surface area contributed by atoms with Gasteiger partial charge in [0.15, 0.2) is 0 Å². The van der Waals surface area contributed by atoms with Crippen LogP contribution in [0.1, 0.15) is 18.4 Å². The molecule has 1 aromatic rings. The molecule has 17 heavy (non-hydrogen) atoms. The van der Waals surface area contributed by atoms with Gasteiger partial charge < -0.3 is 10.1 Å². The standard InChI is InChI=1S/C12H11BrFNO2/c13-7-5-8-10(9(14)6-7)15-11(16)12(8)1-3-17-4-2-12/h5-6H,1-4H2,(H,15,16). The van der Waals surface area contributed by atoms with Crippen LogP contribution in [0.25, 0.3) is 0 Å². The van der Waals surface area contributed by atoms with Crippen LogP contribution in [0.5, 0.6) is 0 Å². The number of amides is 1. The summed E-state index contributed by atoms with van der Waals surface area (Å²) >= 11 is 3.28. The maximum absolute atomic E-state index is 13.8. The van der Waals surface area contributed by atoms with Gasteiger partial charge in [0.05, 0.1) is 11.1 Å². The first-order chi connectivity index (χ1) is 8.13. The molecule has 0 bridgehead atoms. The Bertz CT molecular complexity index is 498. The lowest BCUT2D eigenvalue weighted by molar-refractivity contribution is -0.124. The van der Waals surface area contributed by atoms with Crippen molar-refractivity contribution in [3.05, 3.63) is 28.0 Å². The first-order valence-electron chi connectivity index (χ1n) is 5.52. The van der Waals surface area contributed by atoms with Crippen molar-refractivity contribution in [3.63, 3.8) is 0 Å². The zero-order chi connectivity index (χ0) is 12.0. The monoisotopic (exact) mass is 299 g/mol. The lowest BCUT2D eigenvalue weighted by atomic mass is 9.75. The highest BCUT2D eigenvalue weighted by Gasteiger charge is 2.48. The van der Waals surface area contributed by atoms with Gasteiger partial charge >= 0.3 is 0 Å². The van der Waals surface area contributed by atoms with Gasteiger partial charge in [0.1, 0.15) is 5.82 Å². The molecule has 2 aliphatic heterocycles. The molecule has 0 atom stereocenters. The van der Waals surface area contributed by atoms with E-state index in [1.54, 1.807) is 0 Å².